The number of methoxy groups -OCH3 is 1. The van der Waals surface area contributed by atoms with Gasteiger partial charge in [0.2, 0.25) is 5.89 Å². The molecule has 0 amide bonds. The fraction of sp³-hybridized carbons (Fsp3) is 0.500. The van der Waals surface area contributed by atoms with Crippen LogP contribution in [-0.4, -0.2) is 29.9 Å². The molecular weight excluding hydrogens is 250 g/mol. The van der Waals surface area contributed by atoms with E-state index in [0.29, 0.717) is 17.8 Å². The molecule has 0 saturated heterocycles. The third kappa shape index (κ3) is 2.70. The van der Waals surface area contributed by atoms with E-state index in [1.807, 2.05) is 11.4 Å². The molecule has 96 valence electrons. The van der Waals surface area contributed by atoms with Crippen molar-refractivity contribution in [2.75, 3.05) is 13.7 Å². The van der Waals surface area contributed by atoms with Crippen molar-refractivity contribution in [1.29, 1.82) is 0 Å². The molecule has 1 aliphatic rings. The van der Waals surface area contributed by atoms with Gasteiger partial charge in [0.05, 0.1) is 12.0 Å². The molecule has 0 aliphatic heterocycles. The van der Waals surface area contributed by atoms with Crippen molar-refractivity contribution in [2.24, 2.45) is 0 Å². The fourth-order valence-corrected chi connectivity index (χ4v) is 2.44. The topological polar surface area (TPSA) is 60.2 Å². The second-order valence-corrected chi connectivity index (χ2v) is 5.24. The number of ether oxygens (including phenoxy) is 1. The predicted octanol–water partition coefficient (Wildman–Crippen LogP) is 2.10. The molecule has 2 heterocycles. The van der Waals surface area contributed by atoms with Crippen molar-refractivity contribution in [3.8, 4) is 16.5 Å². The van der Waals surface area contributed by atoms with Crippen LogP contribution in [0.25, 0.3) is 10.8 Å². The van der Waals surface area contributed by atoms with E-state index >= 15 is 0 Å². The molecule has 0 unspecified atom stereocenters. The van der Waals surface area contributed by atoms with Gasteiger partial charge in [-0.3, -0.25) is 0 Å². The smallest absolute Gasteiger partial charge is 0.257 e. The summed E-state index contributed by atoms with van der Waals surface area (Å²) < 4.78 is 10.8. The Kier molecular flexibility index (Phi) is 3.29. The standard InChI is InChI=1S/C12H15N3O2S/c1-16-9-6-10(18-7-9)12-15-14-11(17-12)4-5-13-8-2-3-8/h6-8,13H,2-5H2,1H3. The lowest BCUT2D eigenvalue weighted by molar-refractivity contribution is 0.416. The van der Waals surface area contributed by atoms with Gasteiger partial charge < -0.3 is 14.5 Å². The number of thiophene rings is 1. The molecule has 0 atom stereocenters. The first kappa shape index (κ1) is 11.7. The quantitative estimate of drug-likeness (QED) is 0.866. The van der Waals surface area contributed by atoms with Crippen LogP contribution in [0.5, 0.6) is 5.75 Å². The zero-order valence-corrected chi connectivity index (χ0v) is 11.0. The average molecular weight is 265 g/mol. The molecule has 3 rings (SSSR count). The third-order valence-corrected chi connectivity index (χ3v) is 3.73. The van der Waals surface area contributed by atoms with Crippen LogP contribution in [0.3, 0.4) is 0 Å². The van der Waals surface area contributed by atoms with Crippen molar-refractivity contribution >= 4 is 11.3 Å². The minimum Gasteiger partial charge on any atom is -0.496 e. The van der Waals surface area contributed by atoms with E-state index in [9.17, 15) is 0 Å². The summed E-state index contributed by atoms with van der Waals surface area (Å²) in [6.45, 7) is 0.903. The van der Waals surface area contributed by atoms with Crippen LogP contribution in [0.4, 0.5) is 0 Å². The molecule has 1 saturated carbocycles. The van der Waals surface area contributed by atoms with E-state index < -0.39 is 0 Å². The summed E-state index contributed by atoms with van der Waals surface area (Å²) in [6, 6.07) is 2.62. The highest BCUT2D eigenvalue weighted by molar-refractivity contribution is 7.13. The van der Waals surface area contributed by atoms with E-state index in [0.717, 1.165) is 23.6 Å². The Labute approximate surface area is 109 Å². The number of nitrogens with zero attached hydrogens (tertiary/aromatic N) is 2. The average Bonchev–Trinajstić information content (AvgIpc) is 2.92. The molecule has 2 aromatic heterocycles. The van der Waals surface area contributed by atoms with E-state index in [1.165, 1.54) is 12.8 Å². The number of hydrogen-bond acceptors (Lipinski definition) is 6. The summed E-state index contributed by atoms with van der Waals surface area (Å²) in [5.74, 6) is 2.08. The maximum Gasteiger partial charge on any atom is 0.257 e. The monoisotopic (exact) mass is 265 g/mol. The summed E-state index contributed by atoms with van der Waals surface area (Å²) in [5, 5.41) is 13.5. The Morgan fingerprint density at radius 1 is 1.50 bits per heavy atom. The highest BCUT2D eigenvalue weighted by Crippen LogP contribution is 2.29. The van der Waals surface area contributed by atoms with Crippen LogP contribution in [0.1, 0.15) is 18.7 Å². The lowest BCUT2D eigenvalue weighted by Gasteiger charge is -1.97. The second-order valence-electron chi connectivity index (χ2n) is 4.33. The summed E-state index contributed by atoms with van der Waals surface area (Å²) in [6.07, 6.45) is 3.38. The summed E-state index contributed by atoms with van der Waals surface area (Å²) >= 11 is 1.54. The van der Waals surface area contributed by atoms with Crippen LogP contribution in [0.2, 0.25) is 0 Å². The zero-order valence-electron chi connectivity index (χ0n) is 10.2. The Hall–Kier alpha value is -1.40. The van der Waals surface area contributed by atoms with Gasteiger partial charge in [-0.15, -0.1) is 21.5 Å². The summed E-state index contributed by atoms with van der Waals surface area (Å²) in [7, 11) is 1.65. The van der Waals surface area contributed by atoms with Crippen LogP contribution in [0.15, 0.2) is 15.9 Å². The molecule has 1 aliphatic carbocycles. The van der Waals surface area contributed by atoms with Gasteiger partial charge in [-0.1, -0.05) is 0 Å². The molecule has 1 N–H and O–H groups in total. The second kappa shape index (κ2) is 5.07. The van der Waals surface area contributed by atoms with Gasteiger partial charge in [0, 0.05) is 30.5 Å². The summed E-state index contributed by atoms with van der Waals surface area (Å²) in [5.41, 5.74) is 0. The van der Waals surface area contributed by atoms with Crippen LogP contribution in [-0.2, 0) is 6.42 Å². The minimum atomic E-state index is 0.574. The SMILES string of the molecule is COc1csc(-c2nnc(CCNC3CC3)o2)c1. The van der Waals surface area contributed by atoms with E-state index in [1.54, 1.807) is 18.4 Å². The maximum atomic E-state index is 5.62. The first-order valence-electron chi connectivity index (χ1n) is 6.04. The predicted molar refractivity (Wildman–Crippen MR) is 68.9 cm³/mol. The van der Waals surface area contributed by atoms with Crippen molar-refractivity contribution in [2.45, 2.75) is 25.3 Å². The lowest BCUT2D eigenvalue weighted by Crippen LogP contribution is -2.19. The largest absolute Gasteiger partial charge is 0.496 e. The number of aromatic nitrogens is 2. The van der Waals surface area contributed by atoms with E-state index in [-0.39, 0.29) is 0 Å². The van der Waals surface area contributed by atoms with Crippen LogP contribution >= 0.6 is 11.3 Å². The van der Waals surface area contributed by atoms with Crippen molar-refractivity contribution < 1.29 is 9.15 Å². The molecular formula is C12H15N3O2S. The maximum absolute atomic E-state index is 5.62. The fourth-order valence-electron chi connectivity index (χ4n) is 1.66. The van der Waals surface area contributed by atoms with Gasteiger partial charge in [0.25, 0.3) is 5.89 Å². The minimum absolute atomic E-state index is 0.574. The van der Waals surface area contributed by atoms with Gasteiger partial charge in [-0.2, -0.15) is 0 Å². The van der Waals surface area contributed by atoms with Gasteiger partial charge in [-0.05, 0) is 12.8 Å². The van der Waals surface area contributed by atoms with E-state index in [4.69, 9.17) is 9.15 Å². The number of rotatable bonds is 6. The van der Waals surface area contributed by atoms with Gasteiger partial charge >= 0.3 is 0 Å². The summed E-state index contributed by atoms with van der Waals surface area (Å²) in [4.78, 5) is 0.945. The Morgan fingerprint density at radius 2 is 2.39 bits per heavy atom. The van der Waals surface area contributed by atoms with Crippen LogP contribution in [0, 0.1) is 0 Å². The van der Waals surface area contributed by atoms with Gasteiger partial charge in [0.15, 0.2) is 0 Å². The Morgan fingerprint density at radius 3 is 3.11 bits per heavy atom. The first-order chi connectivity index (χ1) is 8.85. The Bertz CT molecular complexity index is 519. The van der Waals surface area contributed by atoms with Crippen molar-refractivity contribution in [1.82, 2.24) is 15.5 Å². The van der Waals surface area contributed by atoms with Crippen LogP contribution < -0.4 is 10.1 Å². The zero-order chi connectivity index (χ0) is 12.4. The Balaban J connectivity index is 1.60. The lowest BCUT2D eigenvalue weighted by atomic mass is 10.4. The number of nitrogens with one attached hydrogen (secondary N) is 1. The van der Waals surface area contributed by atoms with Gasteiger partial charge in [-0.25, -0.2) is 0 Å². The van der Waals surface area contributed by atoms with Gasteiger partial charge in [0.1, 0.15) is 5.75 Å². The van der Waals surface area contributed by atoms with Crippen molar-refractivity contribution in [3.63, 3.8) is 0 Å². The molecule has 18 heavy (non-hydrogen) atoms. The molecule has 5 nitrogen and oxygen atoms in total. The molecule has 0 aromatic carbocycles. The first-order valence-corrected chi connectivity index (χ1v) is 6.92. The molecule has 1 fully saturated rings. The molecule has 0 radical (unpaired) electrons. The normalized spacial score (nSPS) is 14.9. The highest BCUT2D eigenvalue weighted by Gasteiger charge is 2.20. The molecule has 2 aromatic rings. The highest BCUT2D eigenvalue weighted by atomic mass is 32.1. The molecule has 0 bridgehead atoms. The number of hydrogen-bond donors (Lipinski definition) is 1. The third-order valence-electron chi connectivity index (χ3n) is 2.84. The molecule has 0 spiro atoms. The van der Waals surface area contributed by atoms with Crippen molar-refractivity contribution in [3.05, 3.63) is 17.3 Å². The van der Waals surface area contributed by atoms with E-state index in [2.05, 4.69) is 15.5 Å². The molecule has 6 heteroatoms.